The van der Waals surface area contributed by atoms with E-state index < -0.39 is 5.60 Å². The molecule has 0 heterocycles. The van der Waals surface area contributed by atoms with Gasteiger partial charge < -0.3 is 15.7 Å². The lowest BCUT2D eigenvalue weighted by molar-refractivity contribution is 0.0594. The lowest BCUT2D eigenvalue weighted by atomic mass is 9.96. The van der Waals surface area contributed by atoms with E-state index in [2.05, 4.69) is 17.2 Å². The SMILES string of the molecule is C=C[C@@H](C)NC(=O)NC[C@](C)(O)c1ccccc1Cl. The Morgan fingerprint density at radius 1 is 1.58 bits per heavy atom. The van der Waals surface area contributed by atoms with E-state index in [1.165, 1.54) is 0 Å². The number of carbonyl (C=O) groups excluding carboxylic acids is 1. The molecule has 1 aromatic carbocycles. The molecular weight excluding hydrogens is 264 g/mol. The van der Waals surface area contributed by atoms with Gasteiger partial charge in [0.25, 0.3) is 0 Å². The summed E-state index contributed by atoms with van der Waals surface area (Å²) in [6, 6.07) is 6.51. The van der Waals surface area contributed by atoms with Crippen molar-refractivity contribution in [1.29, 1.82) is 0 Å². The van der Waals surface area contributed by atoms with Crippen LogP contribution in [0.15, 0.2) is 36.9 Å². The maximum atomic E-state index is 11.6. The molecule has 0 aromatic heterocycles. The topological polar surface area (TPSA) is 61.4 Å². The maximum absolute atomic E-state index is 11.6. The van der Waals surface area contributed by atoms with Gasteiger partial charge in [-0.1, -0.05) is 35.9 Å². The lowest BCUT2D eigenvalue weighted by Gasteiger charge is -2.25. The summed E-state index contributed by atoms with van der Waals surface area (Å²) in [4.78, 5) is 11.6. The van der Waals surface area contributed by atoms with Gasteiger partial charge in [-0.3, -0.25) is 0 Å². The van der Waals surface area contributed by atoms with Crippen molar-refractivity contribution in [2.24, 2.45) is 0 Å². The third kappa shape index (κ3) is 4.58. The number of aliphatic hydroxyl groups is 1. The van der Waals surface area contributed by atoms with Gasteiger partial charge in [-0.25, -0.2) is 4.79 Å². The van der Waals surface area contributed by atoms with E-state index in [9.17, 15) is 9.90 Å². The Balaban J connectivity index is 2.63. The molecule has 1 rings (SSSR count). The van der Waals surface area contributed by atoms with E-state index in [0.29, 0.717) is 10.6 Å². The first-order chi connectivity index (χ1) is 8.86. The van der Waals surface area contributed by atoms with E-state index in [4.69, 9.17) is 11.6 Å². The number of amides is 2. The van der Waals surface area contributed by atoms with Crippen LogP contribution in [0.4, 0.5) is 4.79 Å². The smallest absolute Gasteiger partial charge is 0.315 e. The molecule has 0 aliphatic carbocycles. The van der Waals surface area contributed by atoms with Gasteiger partial charge >= 0.3 is 6.03 Å². The molecule has 19 heavy (non-hydrogen) atoms. The molecule has 0 radical (unpaired) electrons. The Kier molecular flexibility index (Phi) is 5.39. The fraction of sp³-hybridized carbons (Fsp3) is 0.357. The number of benzene rings is 1. The first-order valence-corrected chi connectivity index (χ1v) is 6.39. The maximum Gasteiger partial charge on any atom is 0.315 e. The van der Waals surface area contributed by atoms with Crippen LogP contribution in [0.5, 0.6) is 0 Å². The first-order valence-electron chi connectivity index (χ1n) is 6.01. The molecule has 3 N–H and O–H groups in total. The van der Waals surface area contributed by atoms with Crippen LogP contribution in [0.1, 0.15) is 19.4 Å². The van der Waals surface area contributed by atoms with E-state index in [1.807, 2.05) is 0 Å². The third-order valence-corrected chi connectivity index (χ3v) is 3.09. The Bertz CT molecular complexity index is 461. The lowest BCUT2D eigenvalue weighted by Crippen LogP contribution is -2.45. The third-order valence-electron chi connectivity index (χ3n) is 2.76. The van der Waals surface area contributed by atoms with Gasteiger partial charge in [0, 0.05) is 16.6 Å². The van der Waals surface area contributed by atoms with Crippen molar-refractivity contribution in [1.82, 2.24) is 10.6 Å². The molecule has 0 spiro atoms. The normalized spacial score (nSPS) is 15.2. The monoisotopic (exact) mass is 282 g/mol. The Morgan fingerprint density at radius 2 is 2.21 bits per heavy atom. The number of carbonyl (C=O) groups is 1. The summed E-state index contributed by atoms with van der Waals surface area (Å²) in [5, 5.41) is 16.1. The largest absolute Gasteiger partial charge is 0.384 e. The van der Waals surface area contributed by atoms with Crippen LogP contribution in [-0.2, 0) is 5.60 Å². The van der Waals surface area contributed by atoms with Crippen LogP contribution in [0.2, 0.25) is 5.02 Å². The molecule has 0 aliphatic heterocycles. The zero-order chi connectivity index (χ0) is 14.5. The van der Waals surface area contributed by atoms with Gasteiger partial charge in [0.05, 0.1) is 6.54 Å². The molecule has 0 saturated heterocycles. The number of nitrogens with one attached hydrogen (secondary N) is 2. The van der Waals surface area contributed by atoms with Gasteiger partial charge in [-0.2, -0.15) is 0 Å². The number of rotatable bonds is 5. The summed E-state index contributed by atoms with van der Waals surface area (Å²) >= 11 is 6.03. The molecule has 1 aromatic rings. The van der Waals surface area contributed by atoms with Crippen LogP contribution in [0.3, 0.4) is 0 Å². The summed E-state index contributed by atoms with van der Waals surface area (Å²) < 4.78 is 0. The van der Waals surface area contributed by atoms with Gasteiger partial charge in [0.2, 0.25) is 0 Å². The van der Waals surface area contributed by atoms with E-state index in [-0.39, 0.29) is 18.6 Å². The van der Waals surface area contributed by atoms with Crippen molar-refractivity contribution in [3.63, 3.8) is 0 Å². The standard InChI is InChI=1S/C14H19ClN2O2/c1-4-10(2)17-13(18)16-9-14(3,19)11-7-5-6-8-12(11)15/h4-8,10,19H,1,9H2,2-3H3,(H2,16,17,18)/t10-,14+/m1/s1. The number of halogens is 1. The molecule has 2 amide bonds. The van der Waals surface area contributed by atoms with Crippen LogP contribution in [0.25, 0.3) is 0 Å². The quantitative estimate of drug-likeness (QED) is 0.727. The molecule has 0 saturated carbocycles. The van der Waals surface area contributed by atoms with Gasteiger partial charge in [-0.05, 0) is 19.9 Å². The molecule has 5 heteroatoms. The Hall–Kier alpha value is -1.52. The van der Waals surface area contributed by atoms with Crippen LogP contribution >= 0.6 is 11.6 Å². The summed E-state index contributed by atoms with van der Waals surface area (Å²) in [7, 11) is 0. The number of urea groups is 1. The van der Waals surface area contributed by atoms with Gasteiger partial charge in [-0.15, -0.1) is 6.58 Å². The molecular formula is C14H19ClN2O2. The van der Waals surface area contributed by atoms with E-state index in [1.54, 1.807) is 44.2 Å². The fourth-order valence-electron chi connectivity index (χ4n) is 1.56. The van der Waals surface area contributed by atoms with E-state index >= 15 is 0 Å². The van der Waals surface area contributed by atoms with Crippen molar-refractivity contribution in [2.75, 3.05) is 6.54 Å². The molecule has 0 aliphatic rings. The van der Waals surface area contributed by atoms with Crippen LogP contribution < -0.4 is 10.6 Å². The van der Waals surface area contributed by atoms with Crippen molar-refractivity contribution in [3.05, 3.63) is 47.5 Å². The summed E-state index contributed by atoms with van der Waals surface area (Å²) in [5.74, 6) is 0. The minimum absolute atomic E-state index is 0.0619. The first kappa shape index (κ1) is 15.5. The second kappa shape index (κ2) is 6.59. The second-order valence-corrected chi connectivity index (χ2v) is 5.01. The summed E-state index contributed by atoms with van der Waals surface area (Å²) in [6.07, 6.45) is 1.62. The predicted octanol–water partition coefficient (Wildman–Crippen LogP) is 2.42. The van der Waals surface area contributed by atoms with Crippen molar-refractivity contribution < 1.29 is 9.90 Å². The minimum atomic E-state index is -1.23. The highest BCUT2D eigenvalue weighted by molar-refractivity contribution is 6.31. The zero-order valence-corrected chi connectivity index (χ0v) is 11.9. The molecule has 104 valence electrons. The summed E-state index contributed by atoms with van der Waals surface area (Å²) in [5.41, 5.74) is -0.652. The van der Waals surface area contributed by atoms with Crippen LogP contribution in [0, 0.1) is 0 Å². The molecule has 2 atom stereocenters. The average molecular weight is 283 g/mol. The predicted molar refractivity (Wildman–Crippen MR) is 77.2 cm³/mol. The molecule has 0 bridgehead atoms. The molecule has 4 nitrogen and oxygen atoms in total. The van der Waals surface area contributed by atoms with Crippen molar-refractivity contribution in [2.45, 2.75) is 25.5 Å². The number of hydrogen-bond acceptors (Lipinski definition) is 2. The number of hydrogen-bond donors (Lipinski definition) is 3. The summed E-state index contributed by atoms with van der Waals surface area (Å²) in [6.45, 7) is 7.04. The average Bonchev–Trinajstić information content (AvgIpc) is 2.36. The highest BCUT2D eigenvalue weighted by Gasteiger charge is 2.26. The highest BCUT2D eigenvalue weighted by atomic mass is 35.5. The highest BCUT2D eigenvalue weighted by Crippen LogP contribution is 2.26. The van der Waals surface area contributed by atoms with E-state index in [0.717, 1.165) is 0 Å². The zero-order valence-electron chi connectivity index (χ0n) is 11.1. The van der Waals surface area contributed by atoms with Crippen molar-refractivity contribution >= 4 is 17.6 Å². The Labute approximate surface area is 118 Å². The Morgan fingerprint density at radius 3 is 2.79 bits per heavy atom. The van der Waals surface area contributed by atoms with Crippen LogP contribution in [-0.4, -0.2) is 23.7 Å². The fourth-order valence-corrected chi connectivity index (χ4v) is 1.90. The minimum Gasteiger partial charge on any atom is -0.384 e. The van der Waals surface area contributed by atoms with Gasteiger partial charge in [0.1, 0.15) is 5.60 Å². The molecule has 0 fully saturated rings. The molecule has 0 unspecified atom stereocenters. The van der Waals surface area contributed by atoms with Crippen molar-refractivity contribution in [3.8, 4) is 0 Å². The second-order valence-electron chi connectivity index (χ2n) is 4.61. The van der Waals surface area contributed by atoms with Gasteiger partial charge in [0.15, 0.2) is 0 Å².